The number of aliphatic imine (C=N–C) groups is 2. The second-order valence-electron chi connectivity index (χ2n) is 4.67. The lowest BCUT2D eigenvalue weighted by Crippen LogP contribution is -2.41. The van der Waals surface area contributed by atoms with Gasteiger partial charge in [-0.05, 0) is 13.6 Å². The van der Waals surface area contributed by atoms with E-state index in [0.717, 1.165) is 0 Å². The van der Waals surface area contributed by atoms with Crippen molar-refractivity contribution in [2.45, 2.75) is 31.3 Å². The van der Waals surface area contributed by atoms with Crippen molar-refractivity contribution in [3.05, 3.63) is 12.0 Å². The van der Waals surface area contributed by atoms with E-state index in [0.29, 0.717) is 11.5 Å². The lowest BCUT2D eigenvalue weighted by atomic mass is 10.00. The Morgan fingerprint density at radius 1 is 1.81 bits per heavy atom. The van der Waals surface area contributed by atoms with Crippen LogP contribution in [0.3, 0.4) is 0 Å². The first-order chi connectivity index (χ1) is 9.97. The van der Waals surface area contributed by atoms with Crippen LogP contribution in [0.2, 0.25) is 0 Å². The topological polar surface area (TPSA) is 142 Å². The fourth-order valence-corrected chi connectivity index (χ4v) is 2.14. The molecule has 0 amide bonds. The molecule has 0 saturated carbocycles. The number of aliphatic hydroxyl groups is 2. The summed E-state index contributed by atoms with van der Waals surface area (Å²) in [6.07, 6.45) is -0.225. The van der Waals surface area contributed by atoms with Gasteiger partial charge < -0.3 is 20.7 Å². The van der Waals surface area contributed by atoms with E-state index in [1.54, 1.807) is 6.92 Å². The summed E-state index contributed by atoms with van der Waals surface area (Å²) in [5.41, 5.74) is 4.47. The molecule has 1 aromatic heterocycles. The zero-order valence-electron chi connectivity index (χ0n) is 11.5. The van der Waals surface area contributed by atoms with E-state index in [-0.39, 0.29) is 12.4 Å². The minimum Gasteiger partial charge on any atom is -0.392 e. The van der Waals surface area contributed by atoms with Crippen molar-refractivity contribution in [2.24, 2.45) is 15.7 Å². The number of guanidine groups is 1. The van der Waals surface area contributed by atoms with Crippen LogP contribution >= 0.6 is 0 Å². The number of hydrogen-bond acceptors (Lipinski definition) is 6. The summed E-state index contributed by atoms with van der Waals surface area (Å²) in [4.78, 5) is 11.7. The number of aliphatic hydroxyl groups excluding tert-OH is 2. The summed E-state index contributed by atoms with van der Waals surface area (Å²) < 4.78 is 7.05. The van der Waals surface area contributed by atoms with Gasteiger partial charge in [0.1, 0.15) is 18.4 Å². The van der Waals surface area contributed by atoms with Crippen LogP contribution in [-0.4, -0.2) is 50.8 Å². The van der Waals surface area contributed by atoms with Crippen molar-refractivity contribution in [2.75, 3.05) is 6.61 Å². The number of nitrogens with zero attached hydrogens (tertiary/aromatic N) is 5. The normalized spacial score (nSPS) is 29.3. The number of nitrogens with two attached hydrogens (primary N) is 1. The average Bonchev–Trinajstić information content (AvgIpc) is 3.00. The van der Waals surface area contributed by atoms with E-state index in [2.05, 4.69) is 21.7 Å². The fourth-order valence-electron chi connectivity index (χ4n) is 2.14. The number of hydrogen-bond donors (Lipinski definition) is 3. The van der Waals surface area contributed by atoms with Gasteiger partial charge in [0.25, 0.3) is 0 Å². The van der Waals surface area contributed by atoms with Crippen LogP contribution < -0.4 is 5.73 Å². The summed E-state index contributed by atoms with van der Waals surface area (Å²) in [6.45, 7) is 4.39. The van der Waals surface area contributed by atoms with Crippen LogP contribution in [0.4, 0.5) is 5.82 Å². The molecule has 0 bridgehead atoms. The molecule has 0 aromatic carbocycles. The van der Waals surface area contributed by atoms with Crippen LogP contribution in [0.25, 0.3) is 0 Å². The van der Waals surface area contributed by atoms with Gasteiger partial charge in [0.2, 0.25) is 11.6 Å². The first-order valence-electron chi connectivity index (χ1n) is 6.19. The lowest BCUT2D eigenvalue weighted by molar-refractivity contribution is -0.0909. The van der Waals surface area contributed by atoms with Gasteiger partial charge >= 0.3 is 0 Å². The monoisotopic (exact) mass is 292 g/mol. The molecule has 21 heavy (non-hydrogen) atoms. The van der Waals surface area contributed by atoms with Gasteiger partial charge in [-0.3, -0.25) is 4.57 Å². The fraction of sp³-hybridized carbons (Fsp3) is 0.500. The Morgan fingerprint density at radius 2 is 2.52 bits per heavy atom. The molecule has 1 aliphatic rings. The zero-order valence-corrected chi connectivity index (χ0v) is 11.5. The zero-order chi connectivity index (χ0) is 15.6. The third kappa shape index (κ3) is 2.52. The molecule has 2 heterocycles. The quantitative estimate of drug-likeness (QED) is 0.500. The summed E-state index contributed by atoms with van der Waals surface area (Å²) in [7, 11) is 0. The molecule has 3 atom stereocenters. The summed E-state index contributed by atoms with van der Waals surface area (Å²) in [5.74, 6) is 0.357. The molecule has 9 nitrogen and oxygen atoms in total. The minimum atomic E-state index is -1.65. The molecule has 1 aromatic rings. The standard InChI is InChI=1S/C12H16N6O3/c1-7-10(17-11(14)15-2)18(6-16-7)9-3-8(20)12(4-13,5-19)21-9/h6,8-9,19-20H,2-3,5H2,1H3,(H2,14,17)/t8-,9+,12+/m0/s1. The van der Waals surface area contributed by atoms with Gasteiger partial charge in [-0.15, -0.1) is 0 Å². The Labute approximate surface area is 121 Å². The highest BCUT2D eigenvalue weighted by Gasteiger charge is 2.49. The van der Waals surface area contributed by atoms with Crippen molar-refractivity contribution in [1.82, 2.24) is 9.55 Å². The molecular weight excluding hydrogens is 276 g/mol. The number of nitriles is 1. The van der Waals surface area contributed by atoms with Crippen molar-refractivity contribution < 1.29 is 14.9 Å². The maximum absolute atomic E-state index is 9.97. The molecule has 0 unspecified atom stereocenters. The van der Waals surface area contributed by atoms with E-state index >= 15 is 0 Å². The summed E-state index contributed by atoms with van der Waals surface area (Å²) in [5, 5.41) is 28.4. The second-order valence-corrected chi connectivity index (χ2v) is 4.67. The predicted octanol–water partition coefficient (Wildman–Crippen LogP) is -0.627. The second kappa shape index (κ2) is 5.61. The average molecular weight is 292 g/mol. The highest BCUT2D eigenvalue weighted by Crippen LogP contribution is 2.38. The minimum absolute atomic E-state index is 0.0351. The molecule has 0 radical (unpaired) electrons. The summed E-state index contributed by atoms with van der Waals surface area (Å²) >= 11 is 0. The Bertz CT molecular complexity index is 619. The van der Waals surface area contributed by atoms with Crippen LogP contribution in [-0.2, 0) is 4.74 Å². The smallest absolute Gasteiger partial charge is 0.221 e. The van der Waals surface area contributed by atoms with Gasteiger partial charge in [-0.2, -0.15) is 10.3 Å². The van der Waals surface area contributed by atoms with Crippen LogP contribution in [0, 0.1) is 18.3 Å². The van der Waals surface area contributed by atoms with E-state index < -0.39 is 24.5 Å². The molecule has 1 aliphatic heterocycles. The Morgan fingerprint density at radius 3 is 3.05 bits per heavy atom. The number of aryl methyl sites for hydroxylation is 1. The maximum Gasteiger partial charge on any atom is 0.221 e. The van der Waals surface area contributed by atoms with E-state index in [4.69, 9.17) is 15.7 Å². The van der Waals surface area contributed by atoms with E-state index in [1.165, 1.54) is 10.9 Å². The lowest BCUT2D eigenvalue weighted by Gasteiger charge is -2.21. The molecule has 1 saturated heterocycles. The summed E-state index contributed by atoms with van der Waals surface area (Å²) in [6, 6.07) is 1.81. The van der Waals surface area contributed by atoms with Crippen molar-refractivity contribution in [1.29, 1.82) is 5.26 Å². The number of imidazole rings is 1. The molecule has 4 N–H and O–H groups in total. The van der Waals surface area contributed by atoms with Crippen molar-refractivity contribution >= 4 is 18.5 Å². The molecule has 1 fully saturated rings. The van der Waals surface area contributed by atoms with Gasteiger partial charge in [0.15, 0.2) is 5.82 Å². The Kier molecular flexibility index (Phi) is 4.04. The Hall–Kier alpha value is -2.28. The Balaban J connectivity index is 2.38. The number of rotatable bonds is 3. The molecule has 9 heteroatoms. The maximum atomic E-state index is 9.97. The molecule has 0 aliphatic carbocycles. The first-order valence-corrected chi connectivity index (χ1v) is 6.19. The largest absolute Gasteiger partial charge is 0.392 e. The van der Waals surface area contributed by atoms with E-state index in [9.17, 15) is 10.2 Å². The van der Waals surface area contributed by atoms with Crippen molar-refractivity contribution in [3.8, 4) is 6.07 Å². The number of aromatic nitrogens is 2. The SMILES string of the molecule is C=NC(N)=Nc1c(C)ncn1[C@H]1C[C@H](O)[C@@](C#N)(CO)O1. The molecular formula is C12H16N6O3. The van der Waals surface area contributed by atoms with Crippen LogP contribution in [0.1, 0.15) is 18.3 Å². The van der Waals surface area contributed by atoms with E-state index in [1.807, 2.05) is 6.07 Å². The van der Waals surface area contributed by atoms with Gasteiger partial charge in [0.05, 0.1) is 18.6 Å². The van der Waals surface area contributed by atoms with Crippen molar-refractivity contribution in [3.63, 3.8) is 0 Å². The van der Waals surface area contributed by atoms with Crippen LogP contribution in [0.5, 0.6) is 0 Å². The van der Waals surface area contributed by atoms with Gasteiger partial charge in [0, 0.05) is 6.42 Å². The highest BCUT2D eigenvalue weighted by molar-refractivity contribution is 5.84. The highest BCUT2D eigenvalue weighted by atomic mass is 16.6. The van der Waals surface area contributed by atoms with Gasteiger partial charge in [-0.1, -0.05) is 0 Å². The third-order valence-corrected chi connectivity index (χ3v) is 3.37. The van der Waals surface area contributed by atoms with Crippen LogP contribution in [0.15, 0.2) is 16.3 Å². The first kappa shape index (κ1) is 15.1. The molecule has 112 valence electrons. The molecule has 0 spiro atoms. The van der Waals surface area contributed by atoms with Gasteiger partial charge in [-0.25, -0.2) is 9.98 Å². The predicted molar refractivity (Wildman–Crippen MR) is 74.0 cm³/mol. The number of ether oxygens (including phenoxy) is 1. The third-order valence-electron chi connectivity index (χ3n) is 3.37. The molecule has 2 rings (SSSR count).